The Balaban J connectivity index is 1.54. The Hall–Kier alpha value is -4.06. The van der Waals surface area contributed by atoms with Gasteiger partial charge in [0.05, 0.1) is 37.3 Å². The van der Waals surface area contributed by atoms with E-state index in [1.54, 1.807) is 13.2 Å². The molecule has 1 saturated heterocycles. The second kappa shape index (κ2) is 9.43. The van der Waals surface area contributed by atoms with Crippen molar-refractivity contribution in [2.45, 2.75) is 24.8 Å². The van der Waals surface area contributed by atoms with Crippen LogP contribution >= 0.6 is 0 Å². The van der Waals surface area contributed by atoms with Gasteiger partial charge in [0, 0.05) is 18.0 Å². The molecule has 1 N–H and O–H groups in total. The Labute approximate surface area is 195 Å². The number of carbonyl (C=O) groups is 2. The molecule has 7 nitrogen and oxygen atoms in total. The lowest BCUT2D eigenvalue weighted by Gasteiger charge is -2.36. The molecule has 2 amide bonds. The van der Waals surface area contributed by atoms with Gasteiger partial charge < -0.3 is 15.0 Å². The standard InChI is InChI=1S/C25H22F2N4O3/c1-34-19-5-2-16(3-6-19)17-4-7-22-21(12-17)20(9-11-29-22)24(33)30-14-23(32)31-15-25(26,27)10-8-18(31)13-28/h2-7,9,11-12,18H,8,10,14-15H2,1H3,(H,30,33). The van der Waals surface area contributed by atoms with Gasteiger partial charge in [-0.15, -0.1) is 0 Å². The van der Waals surface area contributed by atoms with E-state index in [2.05, 4.69) is 10.3 Å². The van der Waals surface area contributed by atoms with Gasteiger partial charge in [0.1, 0.15) is 11.8 Å². The first-order valence-electron chi connectivity index (χ1n) is 10.7. The van der Waals surface area contributed by atoms with Gasteiger partial charge in [-0.25, -0.2) is 8.78 Å². The molecule has 1 fully saturated rings. The van der Waals surface area contributed by atoms with E-state index in [0.717, 1.165) is 21.8 Å². The Bertz CT molecular complexity index is 1270. The van der Waals surface area contributed by atoms with E-state index in [4.69, 9.17) is 4.74 Å². The van der Waals surface area contributed by atoms with Crippen LogP contribution in [0.2, 0.25) is 0 Å². The van der Waals surface area contributed by atoms with Gasteiger partial charge in [0.2, 0.25) is 5.91 Å². The van der Waals surface area contributed by atoms with Crippen LogP contribution < -0.4 is 10.1 Å². The highest BCUT2D eigenvalue weighted by molar-refractivity contribution is 6.07. The first kappa shape index (κ1) is 23.1. The molecule has 0 bridgehead atoms. The van der Waals surface area contributed by atoms with Crippen molar-refractivity contribution < 1.29 is 23.1 Å². The van der Waals surface area contributed by atoms with E-state index in [0.29, 0.717) is 16.5 Å². The second-order valence-corrected chi connectivity index (χ2v) is 8.06. The molecule has 0 saturated carbocycles. The first-order valence-corrected chi connectivity index (χ1v) is 10.7. The van der Waals surface area contributed by atoms with Crippen LogP contribution in [0.25, 0.3) is 22.0 Å². The average Bonchev–Trinajstić information content (AvgIpc) is 2.86. The fourth-order valence-electron chi connectivity index (χ4n) is 4.00. The van der Waals surface area contributed by atoms with E-state index in [-0.39, 0.29) is 6.42 Å². The van der Waals surface area contributed by atoms with Crippen LogP contribution in [-0.4, -0.2) is 53.9 Å². The van der Waals surface area contributed by atoms with E-state index < -0.39 is 43.3 Å². The summed E-state index contributed by atoms with van der Waals surface area (Å²) in [5.74, 6) is -3.59. The fourth-order valence-corrected chi connectivity index (χ4v) is 4.00. The van der Waals surface area contributed by atoms with Crippen molar-refractivity contribution in [3.05, 3.63) is 60.3 Å². The van der Waals surface area contributed by atoms with Gasteiger partial charge >= 0.3 is 0 Å². The molecular weight excluding hydrogens is 442 g/mol. The number of nitrogens with one attached hydrogen (secondary N) is 1. The van der Waals surface area contributed by atoms with Gasteiger partial charge in [-0.3, -0.25) is 14.6 Å². The third-order valence-electron chi connectivity index (χ3n) is 5.84. The van der Waals surface area contributed by atoms with Gasteiger partial charge in [0.15, 0.2) is 0 Å². The number of halogens is 2. The van der Waals surface area contributed by atoms with E-state index in [9.17, 15) is 23.6 Å². The molecule has 1 aliphatic rings. The lowest BCUT2D eigenvalue weighted by Crippen LogP contribution is -2.53. The molecular formula is C25H22F2N4O3. The highest BCUT2D eigenvalue weighted by Crippen LogP contribution is 2.30. The number of nitrogens with zero attached hydrogens (tertiary/aromatic N) is 3. The number of rotatable bonds is 5. The molecule has 1 aromatic heterocycles. The summed E-state index contributed by atoms with van der Waals surface area (Å²) in [5.41, 5.74) is 2.67. The van der Waals surface area contributed by atoms with E-state index >= 15 is 0 Å². The number of pyridine rings is 1. The number of hydrogen-bond donors (Lipinski definition) is 1. The predicted octanol–water partition coefficient (Wildman–Crippen LogP) is 3.79. The zero-order valence-electron chi connectivity index (χ0n) is 18.4. The largest absolute Gasteiger partial charge is 0.497 e. The highest BCUT2D eigenvalue weighted by atomic mass is 19.3. The molecule has 174 valence electrons. The van der Waals surface area contributed by atoms with E-state index in [1.807, 2.05) is 42.5 Å². The molecule has 0 spiro atoms. The molecule has 4 rings (SSSR count). The van der Waals surface area contributed by atoms with E-state index in [1.165, 1.54) is 12.3 Å². The second-order valence-electron chi connectivity index (χ2n) is 8.06. The SMILES string of the molecule is COc1ccc(-c2ccc3nccc(C(=O)NCC(=O)N4CC(F)(F)CCC4C#N)c3c2)cc1. The highest BCUT2D eigenvalue weighted by Gasteiger charge is 2.42. The summed E-state index contributed by atoms with van der Waals surface area (Å²) in [4.78, 5) is 30.6. The maximum atomic E-state index is 13.8. The third kappa shape index (κ3) is 4.81. The van der Waals surface area contributed by atoms with Crippen molar-refractivity contribution in [3.8, 4) is 22.9 Å². The number of nitriles is 1. The van der Waals surface area contributed by atoms with Crippen molar-refractivity contribution in [2.24, 2.45) is 0 Å². The third-order valence-corrected chi connectivity index (χ3v) is 5.84. The smallest absolute Gasteiger partial charge is 0.265 e. The minimum atomic E-state index is -3.05. The van der Waals surface area contributed by atoms with Crippen LogP contribution in [0.15, 0.2) is 54.7 Å². The van der Waals surface area contributed by atoms with Gasteiger partial charge in [0.25, 0.3) is 11.8 Å². The minimum Gasteiger partial charge on any atom is -0.497 e. The van der Waals surface area contributed by atoms with Crippen LogP contribution in [0.4, 0.5) is 8.78 Å². The molecule has 1 atom stereocenters. The molecule has 2 aromatic carbocycles. The number of methoxy groups -OCH3 is 1. The summed E-state index contributed by atoms with van der Waals surface area (Å²) >= 11 is 0. The normalized spacial score (nSPS) is 17.1. The van der Waals surface area contributed by atoms with Crippen LogP contribution in [-0.2, 0) is 4.79 Å². The van der Waals surface area contributed by atoms with Gasteiger partial charge in [-0.05, 0) is 47.9 Å². The number of carbonyl (C=O) groups excluding carboxylic acids is 2. The molecule has 9 heteroatoms. The number of ether oxygens (including phenoxy) is 1. The Morgan fingerprint density at radius 1 is 1.21 bits per heavy atom. The number of alkyl halides is 2. The van der Waals surface area contributed by atoms with Crippen molar-refractivity contribution in [3.63, 3.8) is 0 Å². The lowest BCUT2D eigenvalue weighted by molar-refractivity contribution is -0.143. The first-order chi connectivity index (χ1) is 16.3. The Morgan fingerprint density at radius 3 is 2.65 bits per heavy atom. The number of benzene rings is 2. The van der Waals surface area contributed by atoms with Crippen LogP contribution in [0.1, 0.15) is 23.2 Å². The average molecular weight is 464 g/mol. The van der Waals surface area contributed by atoms with Crippen molar-refractivity contribution in [2.75, 3.05) is 20.2 Å². The number of hydrogen-bond acceptors (Lipinski definition) is 5. The van der Waals surface area contributed by atoms with Crippen molar-refractivity contribution in [1.82, 2.24) is 15.2 Å². The van der Waals surface area contributed by atoms with Gasteiger partial charge in [-0.1, -0.05) is 18.2 Å². The fraction of sp³-hybridized carbons (Fsp3) is 0.280. The molecule has 0 radical (unpaired) electrons. The van der Waals surface area contributed by atoms with Crippen molar-refractivity contribution in [1.29, 1.82) is 5.26 Å². The predicted molar refractivity (Wildman–Crippen MR) is 121 cm³/mol. The maximum absolute atomic E-state index is 13.8. The molecule has 2 heterocycles. The van der Waals surface area contributed by atoms with Crippen LogP contribution in [0.3, 0.4) is 0 Å². The summed E-state index contributed by atoms with van der Waals surface area (Å²) in [6, 6.07) is 15.5. The molecule has 1 unspecified atom stereocenters. The lowest BCUT2D eigenvalue weighted by atomic mass is 10.00. The monoisotopic (exact) mass is 464 g/mol. The summed E-state index contributed by atoms with van der Waals surface area (Å²) in [6.45, 7) is -1.32. The summed E-state index contributed by atoms with van der Waals surface area (Å²) in [7, 11) is 1.59. The minimum absolute atomic E-state index is 0.105. The molecule has 0 aliphatic carbocycles. The Kier molecular flexibility index (Phi) is 6.41. The zero-order chi connectivity index (χ0) is 24.3. The number of likely N-dealkylation sites (tertiary alicyclic amines) is 1. The summed E-state index contributed by atoms with van der Waals surface area (Å²) < 4.78 is 32.7. The number of aromatic nitrogens is 1. The number of fused-ring (bicyclic) bond motifs is 1. The number of amides is 2. The van der Waals surface area contributed by atoms with Crippen LogP contribution in [0.5, 0.6) is 5.75 Å². The quantitative estimate of drug-likeness (QED) is 0.620. The topological polar surface area (TPSA) is 95.3 Å². The maximum Gasteiger partial charge on any atom is 0.265 e. The van der Waals surface area contributed by atoms with Gasteiger partial charge in [-0.2, -0.15) is 5.26 Å². The molecule has 1 aliphatic heterocycles. The van der Waals surface area contributed by atoms with Crippen LogP contribution in [0, 0.1) is 11.3 Å². The summed E-state index contributed by atoms with van der Waals surface area (Å²) in [6.07, 6.45) is 0.941. The Morgan fingerprint density at radius 2 is 1.94 bits per heavy atom. The molecule has 3 aromatic rings. The van der Waals surface area contributed by atoms with Crippen molar-refractivity contribution >= 4 is 22.7 Å². The number of piperidine rings is 1. The summed E-state index contributed by atoms with van der Waals surface area (Å²) in [5, 5.41) is 12.3. The molecule has 34 heavy (non-hydrogen) atoms. The zero-order valence-corrected chi connectivity index (χ0v) is 18.4.